The standard InChI is InChI=1S/C15H24N2O2/c1-11-9-16-7-6-13(11)17-10-12-4-5-14(18-2)15(8-12)19-3/h4-5,8,11,13,16-17H,6-7,9-10H2,1-3H3. The van der Waals surface area contributed by atoms with E-state index in [1.807, 2.05) is 12.1 Å². The number of methoxy groups -OCH3 is 2. The predicted molar refractivity (Wildman–Crippen MR) is 76.8 cm³/mol. The molecule has 1 aromatic rings. The number of ether oxygens (including phenoxy) is 2. The lowest BCUT2D eigenvalue weighted by molar-refractivity contribution is 0.295. The molecule has 2 unspecified atom stereocenters. The number of hydrogen-bond donors (Lipinski definition) is 2. The van der Waals surface area contributed by atoms with Crippen LogP contribution in [0.1, 0.15) is 18.9 Å². The lowest BCUT2D eigenvalue weighted by Crippen LogP contribution is -2.45. The van der Waals surface area contributed by atoms with Gasteiger partial charge in [0.15, 0.2) is 11.5 Å². The summed E-state index contributed by atoms with van der Waals surface area (Å²) in [7, 11) is 3.33. The third-order valence-electron chi connectivity index (χ3n) is 3.80. The first kappa shape index (κ1) is 14.2. The molecule has 1 aliphatic heterocycles. The van der Waals surface area contributed by atoms with Gasteiger partial charge in [0.05, 0.1) is 14.2 Å². The maximum absolute atomic E-state index is 5.33. The first-order valence-corrected chi connectivity index (χ1v) is 6.89. The van der Waals surface area contributed by atoms with Gasteiger partial charge in [0, 0.05) is 12.6 Å². The van der Waals surface area contributed by atoms with Crippen molar-refractivity contribution in [2.75, 3.05) is 27.3 Å². The van der Waals surface area contributed by atoms with Crippen LogP contribution in [0.3, 0.4) is 0 Å². The summed E-state index contributed by atoms with van der Waals surface area (Å²) < 4.78 is 10.6. The minimum atomic E-state index is 0.592. The van der Waals surface area contributed by atoms with Gasteiger partial charge in [-0.1, -0.05) is 13.0 Å². The summed E-state index contributed by atoms with van der Waals surface area (Å²) in [4.78, 5) is 0. The molecular weight excluding hydrogens is 240 g/mol. The Hall–Kier alpha value is -1.26. The van der Waals surface area contributed by atoms with E-state index in [4.69, 9.17) is 9.47 Å². The van der Waals surface area contributed by atoms with Crippen molar-refractivity contribution in [1.82, 2.24) is 10.6 Å². The second-order valence-electron chi connectivity index (χ2n) is 5.15. The summed E-state index contributed by atoms with van der Waals surface area (Å²) in [5, 5.41) is 7.06. The molecule has 2 N–H and O–H groups in total. The highest BCUT2D eigenvalue weighted by molar-refractivity contribution is 5.42. The second-order valence-corrected chi connectivity index (χ2v) is 5.15. The fraction of sp³-hybridized carbons (Fsp3) is 0.600. The SMILES string of the molecule is COc1ccc(CNC2CCNCC2C)cc1OC. The van der Waals surface area contributed by atoms with Crippen molar-refractivity contribution in [3.8, 4) is 11.5 Å². The van der Waals surface area contributed by atoms with Crippen LogP contribution in [0.5, 0.6) is 11.5 Å². The Bertz CT molecular complexity index is 409. The molecule has 2 atom stereocenters. The van der Waals surface area contributed by atoms with E-state index >= 15 is 0 Å². The minimum Gasteiger partial charge on any atom is -0.493 e. The Balaban J connectivity index is 1.95. The van der Waals surface area contributed by atoms with Crippen LogP contribution >= 0.6 is 0 Å². The smallest absolute Gasteiger partial charge is 0.161 e. The van der Waals surface area contributed by atoms with E-state index in [1.165, 1.54) is 12.0 Å². The topological polar surface area (TPSA) is 42.5 Å². The predicted octanol–water partition coefficient (Wildman–Crippen LogP) is 1.79. The third-order valence-corrected chi connectivity index (χ3v) is 3.80. The van der Waals surface area contributed by atoms with Gasteiger partial charge in [0.25, 0.3) is 0 Å². The van der Waals surface area contributed by atoms with E-state index in [0.717, 1.165) is 31.1 Å². The summed E-state index contributed by atoms with van der Waals surface area (Å²) in [5.41, 5.74) is 1.23. The molecule has 0 saturated carbocycles. The van der Waals surface area contributed by atoms with E-state index in [2.05, 4.69) is 23.6 Å². The van der Waals surface area contributed by atoms with Crippen molar-refractivity contribution in [1.29, 1.82) is 0 Å². The zero-order chi connectivity index (χ0) is 13.7. The van der Waals surface area contributed by atoms with Crippen molar-refractivity contribution in [2.45, 2.75) is 25.9 Å². The Labute approximate surface area is 115 Å². The van der Waals surface area contributed by atoms with Crippen LogP contribution in [0.2, 0.25) is 0 Å². The van der Waals surface area contributed by atoms with Crippen molar-refractivity contribution >= 4 is 0 Å². The van der Waals surface area contributed by atoms with Gasteiger partial charge in [-0.2, -0.15) is 0 Å². The lowest BCUT2D eigenvalue weighted by Gasteiger charge is -2.30. The number of hydrogen-bond acceptors (Lipinski definition) is 4. The summed E-state index contributed by atoms with van der Waals surface area (Å²) in [6.07, 6.45) is 1.19. The van der Waals surface area contributed by atoms with Gasteiger partial charge in [-0.25, -0.2) is 0 Å². The fourth-order valence-corrected chi connectivity index (χ4v) is 2.56. The molecule has 19 heavy (non-hydrogen) atoms. The van der Waals surface area contributed by atoms with Crippen molar-refractivity contribution in [2.24, 2.45) is 5.92 Å². The van der Waals surface area contributed by atoms with Gasteiger partial charge >= 0.3 is 0 Å². The molecule has 0 radical (unpaired) electrons. The van der Waals surface area contributed by atoms with E-state index < -0.39 is 0 Å². The molecule has 1 aromatic carbocycles. The highest BCUT2D eigenvalue weighted by Gasteiger charge is 2.20. The molecule has 1 aliphatic rings. The summed E-state index contributed by atoms with van der Waals surface area (Å²) in [5.74, 6) is 2.25. The first-order valence-electron chi connectivity index (χ1n) is 6.89. The summed E-state index contributed by atoms with van der Waals surface area (Å²) in [6, 6.07) is 6.67. The number of nitrogens with one attached hydrogen (secondary N) is 2. The Kier molecular flexibility index (Phi) is 5.05. The Morgan fingerprint density at radius 1 is 1.26 bits per heavy atom. The normalized spacial score (nSPS) is 23.1. The molecule has 1 fully saturated rings. The molecule has 0 aromatic heterocycles. The molecule has 0 bridgehead atoms. The van der Waals surface area contributed by atoms with Gasteiger partial charge in [0.1, 0.15) is 0 Å². The van der Waals surface area contributed by atoms with Gasteiger partial charge in [0.2, 0.25) is 0 Å². The average molecular weight is 264 g/mol. The van der Waals surface area contributed by atoms with Gasteiger partial charge in [-0.05, 0) is 43.1 Å². The van der Waals surface area contributed by atoms with Crippen molar-refractivity contribution in [3.05, 3.63) is 23.8 Å². The molecule has 1 saturated heterocycles. The zero-order valence-electron chi connectivity index (χ0n) is 12.0. The monoisotopic (exact) mass is 264 g/mol. The molecule has 0 amide bonds. The van der Waals surface area contributed by atoms with E-state index in [-0.39, 0.29) is 0 Å². The molecule has 4 heteroatoms. The molecule has 4 nitrogen and oxygen atoms in total. The number of rotatable bonds is 5. The van der Waals surface area contributed by atoms with Crippen LogP contribution in [0.25, 0.3) is 0 Å². The Morgan fingerprint density at radius 2 is 2.05 bits per heavy atom. The minimum absolute atomic E-state index is 0.592. The zero-order valence-corrected chi connectivity index (χ0v) is 12.0. The molecule has 0 spiro atoms. The Morgan fingerprint density at radius 3 is 2.74 bits per heavy atom. The first-order chi connectivity index (χ1) is 9.24. The maximum atomic E-state index is 5.33. The number of benzene rings is 1. The van der Waals surface area contributed by atoms with Crippen LogP contribution in [0, 0.1) is 5.92 Å². The van der Waals surface area contributed by atoms with Crippen molar-refractivity contribution in [3.63, 3.8) is 0 Å². The largest absolute Gasteiger partial charge is 0.493 e. The molecular formula is C15H24N2O2. The molecule has 2 rings (SSSR count). The van der Waals surface area contributed by atoms with Crippen LogP contribution in [0.4, 0.5) is 0 Å². The van der Waals surface area contributed by atoms with E-state index in [0.29, 0.717) is 12.0 Å². The summed E-state index contributed by atoms with van der Waals surface area (Å²) in [6.45, 7) is 5.37. The quantitative estimate of drug-likeness (QED) is 0.851. The van der Waals surface area contributed by atoms with Gasteiger partial charge < -0.3 is 20.1 Å². The molecule has 1 heterocycles. The van der Waals surface area contributed by atoms with Gasteiger partial charge in [-0.15, -0.1) is 0 Å². The third kappa shape index (κ3) is 3.61. The van der Waals surface area contributed by atoms with E-state index in [1.54, 1.807) is 14.2 Å². The van der Waals surface area contributed by atoms with E-state index in [9.17, 15) is 0 Å². The maximum Gasteiger partial charge on any atom is 0.161 e. The van der Waals surface area contributed by atoms with Crippen LogP contribution < -0.4 is 20.1 Å². The highest BCUT2D eigenvalue weighted by atomic mass is 16.5. The van der Waals surface area contributed by atoms with Crippen molar-refractivity contribution < 1.29 is 9.47 Å². The lowest BCUT2D eigenvalue weighted by atomic mass is 9.95. The van der Waals surface area contributed by atoms with Crippen LogP contribution in [-0.2, 0) is 6.54 Å². The molecule has 0 aliphatic carbocycles. The second kappa shape index (κ2) is 6.78. The van der Waals surface area contributed by atoms with Crippen LogP contribution in [-0.4, -0.2) is 33.4 Å². The molecule has 106 valence electrons. The van der Waals surface area contributed by atoms with Gasteiger partial charge in [-0.3, -0.25) is 0 Å². The fourth-order valence-electron chi connectivity index (χ4n) is 2.56. The van der Waals surface area contributed by atoms with Crippen LogP contribution in [0.15, 0.2) is 18.2 Å². The highest BCUT2D eigenvalue weighted by Crippen LogP contribution is 2.27. The summed E-state index contributed by atoms with van der Waals surface area (Å²) >= 11 is 0. The average Bonchev–Trinajstić information content (AvgIpc) is 2.46. The number of piperidine rings is 1.